The SMILES string of the molecule is NC(=O)C1CN(C(=O)COc2ccc(C(=O)c3ccccc3)cc2)c2ccccc2O1. The van der Waals surface area contributed by atoms with Gasteiger partial charge in [-0.1, -0.05) is 42.5 Å². The van der Waals surface area contributed by atoms with Crippen LogP contribution in [-0.2, 0) is 9.59 Å². The van der Waals surface area contributed by atoms with Gasteiger partial charge in [-0.3, -0.25) is 14.4 Å². The number of fused-ring (bicyclic) bond motifs is 1. The van der Waals surface area contributed by atoms with E-state index in [-0.39, 0.29) is 24.8 Å². The molecule has 1 atom stereocenters. The van der Waals surface area contributed by atoms with Crippen LogP contribution in [0.15, 0.2) is 78.9 Å². The Labute approximate surface area is 179 Å². The Morgan fingerprint density at radius 3 is 2.26 bits per heavy atom. The molecule has 7 nitrogen and oxygen atoms in total. The lowest BCUT2D eigenvalue weighted by Crippen LogP contribution is -2.50. The van der Waals surface area contributed by atoms with Crippen molar-refractivity contribution in [3.05, 3.63) is 90.0 Å². The molecule has 0 spiro atoms. The molecule has 31 heavy (non-hydrogen) atoms. The second-order valence-corrected chi connectivity index (χ2v) is 6.99. The van der Waals surface area contributed by atoms with Crippen molar-refractivity contribution in [1.29, 1.82) is 0 Å². The van der Waals surface area contributed by atoms with Crippen molar-refractivity contribution in [2.24, 2.45) is 5.73 Å². The molecule has 0 aromatic heterocycles. The van der Waals surface area contributed by atoms with Gasteiger partial charge in [-0.05, 0) is 36.4 Å². The molecule has 156 valence electrons. The highest BCUT2D eigenvalue weighted by molar-refractivity contribution is 6.09. The van der Waals surface area contributed by atoms with Gasteiger partial charge in [-0.2, -0.15) is 0 Å². The number of nitrogens with two attached hydrogens (primary N) is 1. The maximum Gasteiger partial charge on any atom is 0.265 e. The van der Waals surface area contributed by atoms with Gasteiger partial charge >= 0.3 is 0 Å². The minimum atomic E-state index is -0.929. The van der Waals surface area contributed by atoms with Crippen LogP contribution in [0.2, 0.25) is 0 Å². The van der Waals surface area contributed by atoms with Crippen LogP contribution in [-0.4, -0.2) is 36.9 Å². The molecule has 1 aliphatic heterocycles. The number of hydrogen-bond acceptors (Lipinski definition) is 5. The van der Waals surface area contributed by atoms with Gasteiger partial charge < -0.3 is 20.1 Å². The van der Waals surface area contributed by atoms with Gasteiger partial charge in [0.15, 0.2) is 18.5 Å². The molecule has 0 fully saturated rings. The molecular weight excluding hydrogens is 396 g/mol. The van der Waals surface area contributed by atoms with Crippen LogP contribution in [0.25, 0.3) is 0 Å². The van der Waals surface area contributed by atoms with Crippen LogP contribution in [0.5, 0.6) is 11.5 Å². The number of hydrogen-bond donors (Lipinski definition) is 1. The first-order valence-electron chi connectivity index (χ1n) is 9.71. The molecular formula is C24H20N2O5. The summed E-state index contributed by atoms with van der Waals surface area (Å²) in [6, 6.07) is 22.5. The van der Waals surface area contributed by atoms with E-state index in [1.54, 1.807) is 60.7 Å². The molecule has 0 bridgehead atoms. The van der Waals surface area contributed by atoms with Crippen LogP contribution >= 0.6 is 0 Å². The van der Waals surface area contributed by atoms with E-state index >= 15 is 0 Å². The van der Waals surface area contributed by atoms with Gasteiger partial charge in [0.05, 0.1) is 12.2 Å². The first-order chi connectivity index (χ1) is 15.0. The highest BCUT2D eigenvalue weighted by Crippen LogP contribution is 2.33. The van der Waals surface area contributed by atoms with E-state index in [0.29, 0.717) is 28.3 Å². The molecule has 0 aliphatic carbocycles. The van der Waals surface area contributed by atoms with Crippen LogP contribution < -0.4 is 20.1 Å². The molecule has 2 amide bonds. The summed E-state index contributed by atoms with van der Waals surface area (Å²) in [5, 5.41) is 0. The number of amides is 2. The van der Waals surface area contributed by atoms with E-state index in [0.717, 1.165) is 0 Å². The zero-order valence-electron chi connectivity index (χ0n) is 16.6. The van der Waals surface area contributed by atoms with Crippen molar-refractivity contribution in [1.82, 2.24) is 0 Å². The van der Waals surface area contributed by atoms with Gasteiger partial charge in [0, 0.05) is 11.1 Å². The third-order valence-electron chi connectivity index (χ3n) is 4.91. The highest BCUT2D eigenvalue weighted by Gasteiger charge is 2.32. The number of carbonyl (C=O) groups is 3. The van der Waals surface area contributed by atoms with E-state index in [4.69, 9.17) is 15.2 Å². The second kappa shape index (κ2) is 8.71. The lowest BCUT2D eigenvalue weighted by atomic mass is 10.0. The summed E-state index contributed by atoms with van der Waals surface area (Å²) in [5.41, 5.74) is 7.05. The molecule has 1 aliphatic rings. The predicted octanol–water partition coefficient (Wildman–Crippen LogP) is 2.58. The van der Waals surface area contributed by atoms with Crippen molar-refractivity contribution in [3.8, 4) is 11.5 Å². The molecule has 1 heterocycles. The molecule has 2 N–H and O–H groups in total. The zero-order valence-corrected chi connectivity index (χ0v) is 16.6. The van der Waals surface area contributed by atoms with E-state index in [9.17, 15) is 14.4 Å². The number of carbonyl (C=O) groups excluding carboxylic acids is 3. The average Bonchev–Trinajstić information content (AvgIpc) is 2.82. The van der Waals surface area contributed by atoms with Crippen LogP contribution in [0.3, 0.4) is 0 Å². The Morgan fingerprint density at radius 2 is 1.55 bits per heavy atom. The number of primary amides is 1. The van der Waals surface area contributed by atoms with Crippen LogP contribution in [0, 0.1) is 0 Å². The number of nitrogens with zero attached hydrogens (tertiary/aromatic N) is 1. The monoisotopic (exact) mass is 416 g/mol. The maximum absolute atomic E-state index is 12.8. The minimum absolute atomic E-state index is 0.0130. The van der Waals surface area contributed by atoms with Crippen LogP contribution in [0.4, 0.5) is 5.69 Å². The minimum Gasteiger partial charge on any atom is -0.484 e. The summed E-state index contributed by atoms with van der Waals surface area (Å²) in [6.07, 6.45) is -0.929. The molecule has 3 aromatic carbocycles. The Kier molecular flexibility index (Phi) is 5.66. The van der Waals surface area contributed by atoms with Gasteiger partial charge in [0.2, 0.25) is 0 Å². The van der Waals surface area contributed by atoms with Gasteiger partial charge in [-0.15, -0.1) is 0 Å². The van der Waals surface area contributed by atoms with E-state index in [2.05, 4.69) is 0 Å². The molecule has 1 unspecified atom stereocenters. The molecule has 0 saturated carbocycles. The smallest absolute Gasteiger partial charge is 0.265 e. The predicted molar refractivity (Wildman–Crippen MR) is 114 cm³/mol. The normalized spacial score (nSPS) is 14.8. The topological polar surface area (TPSA) is 98.9 Å². The summed E-state index contributed by atoms with van der Waals surface area (Å²) in [7, 11) is 0. The molecule has 4 rings (SSSR count). The number of para-hydroxylation sites is 2. The standard InChI is InChI=1S/C24H20N2O5/c25-24(29)21-14-26(19-8-4-5-9-20(19)31-21)22(27)15-30-18-12-10-17(11-13-18)23(28)16-6-2-1-3-7-16/h1-13,21H,14-15H2,(H2,25,29). The largest absolute Gasteiger partial charge is 0.484 e. The second-order valence-electron chi connectivity index (χ2n) is 6.99. The number of anilines is 1. The Hall–Kier alpha value is -4.13. The fraction of sp³-hybridized carbons (Fsp3) is 0.125. The summed E-state index contributed by atoms with van der Waals surface area (Å²) < 4.78 is 11.2. The van der Waals surface area contributed by atoms with Crippen molar-refractivity contribution < 1.29 is 23.9 Å². The van der Waals surface area contributed by atoms with Gasteiger partial charge in [-0.25, -0.2) is 0 Å². The molecule has 0 saturated heterocycles. The number of ketones is 1. The van der Waals surface area contributed by atoms with Gasteiger partial charge in [0.25, 0.3) is 11.8 Å². The average molecular weight is 416 g/mol. The molecule has 3 aromatic rings. The fourth-order valence-corrected chi connectivity index (χ4v) is 3.30. The van der Waals surface area contributed by atoms with E-state index in [1.165, 1.54) is 4.90 Å². The first kappa shape index (κ1) is 20.2. The first-order valence-corrected chi connectivity index (χ1v) is 9.71. The molecule has 0 radical (unpaired) electrons. The van der Waals surface area contributed by atoms with Gasteiger partial charge in [0.1, 0.15) is 11.5 Å². The van der Waals surface area contributed by atoms with Crippen molar-refractivity contribution >= 4 is 23.3 Å². The van der Waals surface area contributed by atoms with Crippen molar-refractivity contribution in [3.63, 3.8) is 0 Å². The van der Waals surface area contributed by atoms with Crippen molar-refractivity contribution in [2.75, 3.05) is 18.1 Å². The van der Waals surface area contributed by atoms with E-state index in [1.807, 2.05) is 18.2 Å². The lowest BCUT2D eigenvalue weighted by Gasteiger charge is -2.33. The Balaban J connectivity index is 1.43. The Morgan fingerprint density at radius 1 is 0.903 bits per heavy atom. The highest BCUT2D eigenvalue weighted by atomic mass is 16.5. The molecule has 7 heteroatoms. The summed E-state index contributed by atoms with van der Waals surface area (Å²) in [6.45, 7) is -0.231. The third-order valence-corrected chi connectivity index (χ3v) is 4.91. The third kappa shape index (κ3) is 4.40. The summed E-state index contributed by atoms with van der Waals surface area (Å²) in [5.74, 6) is -0.218. The Bertz CT molecular complexity index is 1110. The lowest BCUT2D eigenvalue weighted by molar-refractivity contribution is -0.125. The zero-order chi connectivity index (χ0) is 21.8. The fourth-order valence-electron chi connectivity index (χ4n) is 3.30. The quantitative estimate of drug-likeness (QED) is 0.623. The van der Waals surface area contributed by atoms with Crippen LogP contribution in [0.1, 0.15) is 15.9 Å². The van der Waals surface area contributed by atoms with E-state index < -0.39 is 12.0 Å². The number of ether oxygens (including phenoxy) is 2. The number of benzene rings is 3. The maximum atomic E-state index is 12.8. The number of rotatable bonds is 6. The van der Waals surface area contributed by atoms with Crippen molar-refractivity contribution in [2.45, 2.75) is 6.10 Å². The summed E-state index contributed by atoms with van der Waals surface area (Å²) >= 11 is 0. The summed E-state index contributed by atoms with van der Waals surface area (Å²) in [4.78, 5) is 38.3.